The highest BCUT2D eigenvalue weighted by molar-refractivity contribution is 6.30. The molecule has 3 heterocycles. The van der Waals surface area contributed by atoms with Gasteiger partial charge in [-0.15, -0.1) is 5.10 Å². The third-order valence-electron chi connectivity index (χ3n) is 5.72. The topological polar surface area (TPSA) is 61.5 Å². The molecule has 7 heteroatoms. The van der Waals surface area contributed by atoms with Gasteiger partial charge in [0.25, 0.3) is 0 Å². The van der Waals surface area contributed by atoms with E-state index in [1.54, 1.807) is 10.8 Å². The van der Waals surface area contributed by atoms with E-state index < -0.39 is 0 Å². The van der Waals surface area contributed by atoms with Gasteiger partial charge in [0.05, 0.1) is 12.2 Å². The summed E-state index contributed by atoms with van der Waals surface area (Å²) in [6.07, 6.45) is 1.64. The first-order chi connectivity index (χ1) is 16.2. The van der Waals surface area contributed by atoms with E-state index in [1.165, 1.54) is 0 Å². The van der Waals surface area contributed by atoms with Crippen molar-refractivity contribution >= 4 is 17.2 Å². The van der Waals surface area contributed by atoms with Gasteiger partial charge in [0, 0.05) is 28.1 Å². The summed E-state index contributed by atoms with van der Waals surface area (Å²) in [5.41, 5.74) is 4.59. The Labute approximate surface area is 195 Å². The van der Waals surface area contributed by atoms with Crippen LogP contribution in [0.15, 0.2) is 79.1 Å². The number of fused-ring (bicyclic) bond motifs is 4. The second-order valence-electron chi connectivity index (χ2n) is 7.75. The Morgan fingerprint density at radius 2 is 1.85 bits per heavy atom. The van der Waals surface area contributed by atoms with Gasteiger partial charge in [0.15, 0.2) is 11.5 Å². The van der Waals surface area contributed by atoms with Crippen LogP contribution in [0.2, 0.25) is 5.02 Å². The van der Waals surface area contributed by atoms with E-state index in [-0.39, 0.29) is 5.92 Å². The molecule has 0 bridgehead atoms. The van der Waals surface area contributed by atoms with Gasteiger partial charge in [-0.05, 0) is 30.7 Å². The molecule has 1 aliphatic rings. The maximum absolute atomic E-state index is 6.26. The van der Waals surface area contributed by atoms with Gasteiger partial charge < -0.3 is 9.47 Å². The number of rotatable bonds is 4. The average Bonchev–Trinajstić information content (AvgIpc) is 3.29. The summed E-state index contributed by atoms with van der Waals surface area (Å²) in [4.78, 5) is 9.48. The highest BCUT2D eigenvalue weighted by Crippen LogP contribution is 2.48. The summed E-state index contributed by atoms with van der Waals surface area (Å²) < 4.78 is 13.7. The van der Waals surface area contributed by atoms with Gasteiger partial charge >= 0.3 is 0 Å². The monoisotopic (exact) mass is 454 g/mol. The average molecular weight is 455 g/mol. The molecule has 0 spiro atoms. The Morgan fingerprint density at radius 3 is 2.64 bits per heavy atom. The Kier molecular flexibility index (Phi) is 4.73. The lowest BCUT2D eigenvalue weighted by molar-refractivity contribution is 0.336. The van der Waals surface area contributed by atoms with Crippen LogP contribution >= 0.6 is 11.6 Å². The third-order valence-corrected chi connectivity index (χ3v) is 5.98. The molecule has 0 saturated heterocycles. The minimum atomic E-state index is -0.152. The van der Waals surface area contributed by atoms with Crippen LogP contribution in [-0.4, -0.2) is 26.2 Å². The molecular weight excluding hydrogens is 436 g/mol. The molecular formula is C26H19ClN4O2. The largest absolute Gasteiger partial charge is 0.494 e. The second kappa shape index (κ2) is 7.90. The molecule has 162 valence electrons. The normalized spacial score (nSPS) is 14.4. The summed E-state index contributed by atoms with van der Waals surface area (Å²) in [7, 11) is 0. The number of halogens is 1. The van der Waals surface area contributed by atoms with Gasteiger partial charge in [-0.2, -0.15) is 0 Å². The van der Waals surface area contributed by atoms with Gasteiger partial charge in [0.2, 0.25) is 5.88 Å². The molecule has 0 aliphatic carbocycles. The SMILES string of the molecule is CCOc1ccc2c(c1)Oc1ncn3nc(-c4ccccc4)nc3c1C2c1ccc(Cl)cc1. The Morgan fingerprint density at radius 1 is 1.03 bits per heavy atom. The molecule has 6 nitrogen and oxygen atoms in total. The Balaban J connectivity index is 1.58. The van der Waals surface area contributed by atoms with Crippen LogP contribution in [0.3, 0.4) is 0 Å². The van der Waals surface area contributed by atoms with Crippen LogP contribution in [0.4, 0.5) is 0 Å². The zero-order chi connectivity index (χ0) is 22.4. The fourth-order valence-electron chi connectivity index (χ4n) is 4.26. The van der Waals surface area contributed by atoms with Crippen molar-refractivity contribution in [3.05, 3.63) is 101 Å². The number of ether oxygens (including phenoxy) is 2. The zero-order valence-corrected chi connectivity index (χ0v) is 18.5. The summed E-state index contributed by atoms with van der Waals surface area (Å²) >= 11 is 6.19. The molecule has 1 aliphatic heterocycles. The highest BCUT2D eigenvalue weighted by atomic mass is 35.5. The third kappa shape index (κ3) is 3.39. The number of hydrogen-bond donors (Lipinski definition) is 0. The van der Waals surface area contributed by atoms with Crippen LogP contribution in [0.5, 0.6) is 17.4 Å². The molecule has 0 N–H and O–H groups in total. The van der Waals surface area contributed by atoms with E-state index in [2.05, 4.69) is 10.1 Å². The van der Waals surface area contributed by atoms with E-state index in [1.807, 2.05) is 79.7 Å². The predicted molar refractivity (Wildman–Crippen MR) is 126 cm³/mol. The van der Waals surface area contributed by atoms with Gasteiger partial charge in [-0.1, -0.05) is 60.1 Å². The standard InChI is InChI=1S/C26H19ClN4O2/c1-2-32-19-12-13-20-21(14-19)33-26-23(22(20)16-8-10-18(27)11-9-16)25-29-24(30-31(25)15-28-26)17-6-4-3-5-7-17/h3-15,22H,2H2,1H3. The Bertz CT molecular complexity index is 1470. The van der Waals surface area contributed by atoms with Crippen molar-refractivity contribution in [3.63, 3.8) is 0 Å². The van der Waals surface area contributed by atoms with Crippen molar-refractivity contribution in [2.45, 2.75) is 12.8 Å². The van der Waals surface area contributed by atoms with Crippen LogP contribution < -0.4 is 9.47 Å². The van der Waals surface area contributed by atoms with Gasteiger partial charge in [-0.3, -0.25) is 0 Å². The first kappa shape index (κ1) is 19.8. The molecule has 0 amide bonds. The van der Waals surface area contributed by atoms with Crippen LogP contribution in [0.1, 0.15) is 29.5 Å². The van der Waals surface area contributed by atoms with E-state index in [9.17, 15) is 0 Å². The highest BCUT2D eigenvalue weighted by Gasteiger charge is 2.33. The second-order valence-corrected chi connectivity index (χ2v) is 8.19. The molecule has 6 rings (SSSR count). The molecule has 1 unspecified atom stereocenters. The quantitative estimate of drug-likeness (QED) is 0.320. The molecule has 2 aromatic heterocycles. The fraction of sp³-hybridized carbons (Fsp3) is 0.115. The number of aromatic nitrogens is 4. The molecule has 1 atom stereocenters. The molecule has 0 fully saturated rings. The van der Waals surface area contributed by atoms with E-state index >= 15 is 0 Å². The first-order valence-corrected chi connectivity index (χ1v) is 11.1. The number of benzene rings is 3. The maximum atomic E-state index is 6.26. The summed E-state index contributed by atoms with van der Waals surface area (Å²) in [6, 6.07) is 23.7. The minimum absolute atomic E-state index is 0.152. The van der Waals surface area contributed by atoms with Crippen LogP contribution in [-0.2, 0) is 0 Å². The van der Waals surface area contributed by atoms with Crippen LogP contribution in [0, 0.1) is 0 Å². The van der Waals surface area contributed by atoms with Crippen molar-refractivity contribution in [3.8, 4) is 28.8 Å². The van der Waals surface area contributed by atoms with Gasteiger partial charge in [0.1, 0.15) is 17.8 Å². The lowest BCUT2D eigenvalue weighted by atomic mass is 9.84. The fourth-order valence-corrected chi connectivity index (χ4v) is 4.39. The molecule has 0 radical (unpaired) electrons. The lowest BCUT2D eigenvalue weighted by Crippen LogP contribution is -2.15. The van der Waals surface area contributed by atoms with E-state index in [0.29, 0.717) is 34.7 Å². The summed E-state index contributed by atoms with van der Waals surface area (Å²) in [6.45, 7) is 2.54. The van der Waals surface area contributed by atoms with Gasteiger partial charge in [-0.25, -0.2) is 14.5 Å². The maximum Gasteiger partial charge on any atom is 0.228 e. The number of hydrogen-bond acceptors (Lipinski definition) is 5. The minimum Gasteiger partial charge on any atom is -0.494 e. The van der Waals surface area contributed by atoms with Crippen LogP contribution in [0.25, 0.3) is 17.0 Å². The lowest BCUT2D eigenvalue weighted by Gasteiger charge is -2.28. The zero-order valence-electron chi connectivity index (χ0n) is 17.8. The van der Waals surface area contributed by atoms with Crippen molar-refractivity contribution in [2.75, 3.05) is 6.61 Å². The van der Waals surface area contributed by atoms with Crippen molar-refractivity contribution in [2.24, 2.45) is 0 Å². The Hall–Kier alpha value is -3.90. The molecule has 3 aromatic carbocycles. The predicted octanol–water partition coefficient (Wildman–Crippen LogP) is 6.13. The van der Waals surface area contributed by atoms with Crippen molar-refractivity contribution in [1.29, 1.82) is 0 Å². The van der Waals surface area contributed by atoms with E-state index in [0.717, 1.165) is 28.0 Å². The van der Waals surface area contributed by atoms with E-state index in [4.69, 9.17) is 26.1 Å². The van der Waals surface area contributed by atoms with Crippen molar-refractivity contribution in [1.82, 2.24) is 19.6 Å². The molecule has 33 heavy (non-hydrogen) atoms. The smallest absolute Gasteiger partial charge is 0.228 e. The molecule has 5 aromatic rings. The summed E-state index contributed by atoms with van der Waals surface area (Å²) in [5, 5.41) is 5.36. The van der Waals surface area contributed by atoms with Crippen molar-refractivity contribution < 1.29 is 9.47 Å². The summed E-state index contributed by atoms with van der Waals surface area (Å²) in [5.74, 6) is 2.46. The first-order valence-electron chi connectivity index (χ1n) is 10.7. The number of nitrogens with zero attached hydrogens (tertiary/aromatic N) is 4. The molecule has 0 saturated carbocycles.